The summed E-state index contributed by atoms with van der Waals surface area (Å²) in [4.78, 5) is 25.4. The molecule has 5 heteroatoms. The summed E-state index contributed by atoms with van der Waals surface area (Å²) >= 11 is 0. The van der Waals surface area contributed by atoms with Crippen molar-refractivity contribution in [3.8, 4) is 0 Å². The van der Waals surface area contributed by atoms with Crippen molar-refractivity contribution in [2.75, 3.05) is 12.4 Å². The van der Waals surface area contributed by atoms with Gasteiger partial charge in [-0.25, -0.2) is 0 Å². The molecule has 0 radical (unpaired) electrons. The average molecular weight is 314 g/mol. The molecule has 0 fully saturated rings. The van der Waals surface area contributed by atoms with Crippen LogP contribution in [0.25, 0.3) is 0 Å². The molecule has 23 heavy (non-hydrogen) atoms. The van der Waals surface area contributed by atoms with E-state index in [9.17, 15) is 9.59 Å². The molecule has 122 valence electrons. The Labute approximate surface area is 136 Å². The molecule has 0 saturated carbocycles. The maximum absolute atomic E-state index is 12.5. The second kappa shape index (κ2) is 6.69. The highest BCUT2D eigenvalue weighted by Crippen LogP contribution is 2.22. The summed E-state index contributed by atoms with van der Waals surface area (Å²) in [5.41, 5.74) is 3.08. The molecule has 2 rings (SSSR count). The van der Waals surface area contributed by atoms with Gasteiger partial charge >= 0.3 is 0 Å². The summed E-state index contributed by atoms with van der Waals surface area (Å²) in [6, 6.07) is 7.48. The minimum atomic E-state index is -0.186. The van der Waals surface area contributed by atoms with Crippen LogP contribution in [0.1, 0.15) is 39.9 Å². The van der Waals surface area contributed by atoms with Crippen molar-refractivity contribution in [2.45, 2.75) is 34.2 Å². The molecular weight excluding hydrogens is 292 g/mol. The molecular formula is C18H22N2O3. The van der Waals surface area contributed by atoms with Crippen LogP contribution in [0.2, 0.25) is 0 Å². The fraction of sp³-hybridized carbons (Fsp3) is 0.333. The second-order valence-electron chi connectivity index (χ2n) is 5.74. The number of furan rings is 1. The molecule has 1 N–H and O–H groups in total. The molecule has 0 saturated heterocycles. The van der Waals surface area contributed by atoms with Gasteiger partial charge in [0, 0.05) is 31.8 Å². The molecule has 1 heterocycles. The largest absolute Gasteiger partial charge is 0.466 e. The summed E-state index contributed by atoms with van der Waals surface area (Å²) in [5, 5.41) is 2.89. The third-order valence-corrected chi connectivity index (χ3v) is 3.93. The second-order valence-corrected chi connectivity index (χ2v) is 5.74. The molecule has 0 bridgehead atoms. The monoisotopic (exact) mass is 314 g/mol. The summed E-state index contributed by atoms with van der Waals surface area (Å²) in [6.45, 7) is 7.53. The van der Waals surface area contributed by atoms with Crippen molar-refractivity contribution in [1.82, 2.24) is 4.90 Å². The van der Waals surface area contributed by atoms with Crippen LogP contribution in [0.15, 0.2) is 28.7 Å². The maximum atomic E-state index is 12.5. The van der Waals surface area contributed by atoms with E-state index in [2.05, 4.69) is 5.32 Å². The van der Waals surface area contributed by atoms with Crippen LogP contribution in [-0.2, 0) is 11.3 Å². The number of carbonyl (C=O) groups is 2. The van der Waals surface area contributed by atoms with Crippen molar-refractivity contribution in [3.63, 3.8) is 0 Å². The molecule has 0 unspecified atom stereocenters. The van der Waals surface area contributed by atoms with Crippen molar-refractivity contribution in [1.29, 1.82) is 0 Å². The van der Waals surface area contributed by atoms with Gasteiger partial charge in [-0.3, -0.25) is 9.59 Å². The Morgan fingerprint density at radius 3 is 2.43 bits per heavy atom. The first-order chi connectivity index (χ1) is 10.8. The smallest absolute Gasteiger partial charge is 0.259 e. The van der Waals surface area contributed by atoms with E-state index in [1.54, 1.807) is 18.9 Å². The zero-order valence-electron chi connectivity index (χ0n) is 14.2. The quantitative estimate of drug-likeness (QED) is 0.940. The van der Waals surface area contributed by atoms with Crippen LogP contribution in [0, 0.1) is 20.8 Å². The first-order valence-electron chi connectivity index (χ1n) is 7.48. The minimum absolute atomic E-state index is 0.000407. The lowest BCUT2D eigenvalue weighted by atomic mass is 10.1. The van der Waals surface area contributed by atoms with E-state index in [1.807, 2.05) is 38.1 Å². The maximum Gasteiger partial charge on any atom is 0.259 e. The van der Waals surface area contributed by atoms with Crippen LogP contribution in [0.5, 0.6) is 0 Å². The Morgan fingerprint density at radius 1 is 1.17 bits per heavy atom. The van der Waals surface area contributed by atoms with E-state index in [0.29, 0.717) is 23.6 Å². The van der Waals surface area contributed by atoms with Gasteiger partial charge in [-0.1, -0.05) is 12.1 Å². The lowest BCUT2D eigenvalue weighted by Gasteiger charge is -2.15. The molecule has 0 aliphatic carbocycles. The van der Waals surface area contributed by atoms with Gasteiger partial charge in [0.1, 0.15) is 11.5 Å². The number of hydrogen-bond acceptors (Lipinski definition) is 3. The zero-order valence-corrected chi connectivity index (χ0v) is 14.2. The Kier molecular flexibility index (Phi) is 4.89. The Balaban J connectivity index is 2.17. The van der Waals surface area contributed by atoms with Crippen molar-refractivity contribution < 1.29 is 14.0 Å². The van der Waals surface area contributed by atoms with Gasteiger partial charge in [-0.05, 0) is 38.5 Å². The van der Waals surface area contributed by atoms with Gasteiger partial charge in [0.2, 0.25) is 5.91 Å². The molecule has 0 aliphatic rings. The topological polar surface area (TPSA) is 62.6 Å². The van der Waals surface area contributed by atoms with Gasteiger partial charge in [-0.2, -0.15) is 0 Å². The highest BCUT2D eigenvalue weighted by Gasteiger charge is 2.18. The van der Waals surface area contributed by atoms with E-state index in [1.165, 1.54) is 6.92 Å². The van der Waals surface area contributed by atoms with Gasteiger partial charge in [0.25, 0.3) is 5.91 Å². The highest BCUT2D eigenvalue weighted by molar-refractivity contribution is 6.06. The molecule has 1 aromatic carbocycles. The third kappa shape index (κ3) is 3.80. The van der Waals surface area contributed by atoms with E-state index in [4.69, 9.17) is 4.42 Å². The molecule has 0 spiro atoms. The average Bonchev–Trinajstić information content (AvgIpc) is 2.72. The summed E-state index contributed by atoms with van der Waals surface area (Å²) in [5.74, 6) is 1.18. The lowest BCUT2D eigenvalue weighted by molar-refractivity contribution is -0.128. The van der Waals surface area contributed by atoms with Crippen LogP contribution in [-0.4, -0.2) is 23.8 Å². The van der Waals surface area contributed by atoms with Crippen molar-refractivity contribution >= 4 is 17.5 Å². The first-order valence-corrected chi connectivity index (χ1v) is 7.48. The van der Waals surface area contributed by atoms with Crippen molar-refractivity contribution in [2.24, 2.45) is 0 Å². The van der Waals surface area contributed by atoms with E-state index >= 15 is 0 Å². The lowest BCUT2D eigenvalue weighted by Crippen LogP contribution is -2.23. The van der Waals surface area contributed by atoms with Gasteiger partial charge in [0.05, 0.1) is 5.56 Å². The SMILES string of the molecule is CC(=O)N(C)Cc1cccc(NC(=O)c2c(C)oc(C)c2C)c1. The summed E-state index contributed by atoms with van der Waals surface area (Å²) in [7, 11) is 1.74. The molecule has 1 aromatic heterocycles. The number of anilines is 1. The molecule has 2 amide bonds. The number of nitrogens with zero attached hydrogens (tertiary/aromatic N) is 1. The molecule has 2 aromatic rings. The van der Waals surface area contributed by atoms with Gasteiger partial charge in [0.15, 0.2) is 0 Å². The molecule has 0 aliphatic heterocycles. The Morgan fingerprint density at radius 2 is 1.87 bits per heavy atom. The molecule has 5 nitrogen and oxygen atoms in total. The highest BCUT2D eigenvalue weighted by atomic mass is 16.3. The molecule has 0 atom stereocenters. The van der Waals surface area contributed by atoms with Crippen LogP contribution in [0.4, 0.5) is 5.69 Å². The van der Waals surface area contributed by atoms with E-state index in [0.717, 1.165) is 16.9 Å². The normalized spacial score (nSPS) is 10.5. The van der Waals surface area contributed by atoms with Crippen LogP contribution >= 0.6 is 0 Å². The minimum Gasteiger partial charge on any atom is -0.466 e. The Hall–Kier alpha value is -2.56. The number of rotatable bonds is 4. The van der Waals surface area contributed by atoms with Crippen LogP contribution < -0.4 is 5.32 Å². The fourth-order valence-electron chi connectivity index (χ4n) is 2.45. The van der Waals surface area contributed by atoms with Gasteiger partial charge < -0.3 is 14.6 Å². The standard InChI is InChI=1S/C18H22N2O3/c1-11-12(2)23-13(3)17(11)18(22)19-16-8-6-7-15(9-16)10-20(5)14(4)21/h6-9H,10H2,1-5H3,(H,19,22). The number of hydrogen-bond donors (Lipinski definition) is 1. The Bertz CT molecular complexity index is 747. The summed E-state index contributed by atoms with van der Waals surface area (Å²) in [6.07, 6.45) is 0. The number of benzene rings is 1. The van der Waals surface area contributed by atoms with Crippen molar-refractivity contribution in [3.05, 3.63) is 52.5 Å². The number of aryl methyl sites for hydroxylation is 2. The first kappa shape index (κ1) is 16.8. The predicted octanol–water partition coefficient (Wildman–Crippen LogP) is 3.44. The van der Waals surface area contributed by atoms with E-state index in [-0.39, 0.29) is 11.8 Å². The number of nitrogens with one attached hydrogen (secondary N) is 1. The van der Waals surface area contributed by atoms with Crippen LogP contribution in [0.3, 0.4) is 0 Å². The van der Waals surface area contributed by atoms with Gasteiger partial charge in [-0.15, -0.1) is 0 Å². The number of carbonyl (C=O) groups excluding carboxylic acids is 2. The predicted molar refractivity (Wildman–Crippen MR) is 89.5 cm³/mol. The van der Waals surface area contributed by atoms with E-state index < -0.39 is 0 Å². The zero-order chi connectivity index (χ0) is 17.1. The third-order valence-electron chi connectivity index (χ3n) is 3.93. The summed E-state index contributed by atoms with van der Waals surface area (Å²) < 4.78 is 5.50. The fourth-order valence-corrected chi connectivity index (χ4v) is 2.45. The number of amides is 2.